The van der Waals surface area contributed by atoms with Crippen LogP contribution in [-0.2, 0) is 11.3 Å². The van der Waals surface area contributed by atoms with Gasteiger partial charge in [0.15, 0.2) is 16.1 Å². The van der Waals surface area contributed by atoms with Gasteiger partial charge >= 0.3 is 0 Å². The Hall–Kier alpha value is -2.94. The van der Waals surface area contributed by atoms with Crippen molar-refractivity contribution in [1.29, 1.82) is 0 Å². The van der Waals surface area contributed by atoms with E-state index in [1.807, 2.05) is 71.5 Å². The van der Waals surface area contributed by atoms with Gasteiger partial charge in [0.2, 0.25) is 5.91 Å². The monoisotopic (exact) mass is 481 g/mol. The van der Waals surface area contributed by atoms with Gasteiger partial charge in [-0.15, -0.1) is 28.1 Å². The fraction of sp³-hybridized carbons (Fsp3) is 0.130. The Kier molecular flexibility index (Phi) is 7.04. The molecule has 6 nitrogen and oxygen atoms in total. The van der Waals surface area contributed by atoms with Crippen LogP contribution < -0.4 is 5.32 Å². The lowest BCUT2D eigenvalue weighted by Gasteiger charge is -2.12. The zero-order chi connectivity index (χ0) is 22.5. The Morgan fingerprint density at radius 2 is 1.94 bits per heavy atom. The quantitative estimate of drug-likeness (QED) is 0.246. The maximum Gasteiger partial charge on any atom is 0.239 e. The van der Waals surface area contributed by atoms with E-state index >= 15 is 0 Å². The number of hydrogen-bond donors (Lipinski definition) is 1. The Balaban J connectivity index is 1.47. The first-order chi connectivity index (χ1) is 15.5. The molecule has 162 valence electrons. The summed E-state index contributed by atoms with van der Waals surface area (Å²) in [6, 6.07) is 17.3. The van der Waals surface area contributed by atoms with Crippen LogP contribution in [0.15, 0.2) is 77.8 Å². The highest BCUT2D eigenvalue weighted by molar-refractivity contribution is 8.00. The topological polar surface area (TPSA) is 72.7 Å². The minimum absolute atomic E-state index is 0.148. The molecular weight excluding hydrogens is 462 g/mol. The zero-order valence-corrected chi connectivity index (χ0v) is 19.6. The third-order valence-corrected chi connectivity index (χ3v) is 6.68. The first-order valence-electron chi connectivity index (χ1n) is 9.83. The number of rotatable bonds is 8. The lowest BCUT2D eigenvalue weighted by Crippen LogP contribution is -2.22. The van der Waals surface area contributed by atoms with E-state index < -0.39 is 5.25 Å². The second-order valence-corrected chi connectivity index (χ2v) is 9.47. The summed E-state index contributed by atoms with van der Waals surface area (Å²) < 4.78 is 1.93. The fourth-order valence-electron chi connectivity index (χ4n) is 2.97. The van der Waals surface area contributed by atoms with Crippen LogP contribution in [0.5, 0.6) is 0 Å². The molecule has 0 aliphatic rings. The molecule has 9 heteroatoms. The predicted molar refractivity (Wildman–Crippen MR) is 132 cm³/mol. The highest BCUT2D eigenvalue weighted by Crippen LogP contribution is 2.29. The number of allylic oxidation sites excluding steroid dienone is 1. The van der Waals surface area contributed by atoms with Gasteiger partial charge in [-0.25, -0.2) is 4.98 Å². The van der Waals surface area contributed by atoms with Gasteiger partial charge in [-0.3, -0.25) is 9.36 Å². The number of nitrogens with one attached hydrogen (secondary N) is 1. The third kappa shape index (κ3) is 5.09. The second kappa shape index (κ2) is 10.1. The number of carbonyl (C=O) groups is 1. The van der Waals surface area contributed by atoms with Crippen molar-refractivity contribution < 1.29 is 4.79 Å². The van der Waals surface area contributed by atoms with Crippen molar-refractivity contribution >= 4 is 45.7 Å². The molecule has 0 bridgehead atoms. The van der Waals surface area contributed by atoms with Gasteiger partial charge in [-0.2, -0.15) is 0 Å². The van der Waals surface area contributed by atoms with Gasteiger partial charge in [0.1, 0.15) is 0 Å². The molecule has 2 heterocycles. The zero-order valence-electron chi connectivity index (χ0n) is 17.2. The number of nitrogens with zero attached hydrogens (tertiary/aromatic N) is 4. The first kappa shape index (κ1) is 22.3. The summed E-state index contributed by atoms with van der Waals surface area (Å²) >= 11 is 8.74. The number of aromatic nitrogens is 4. The van der Waals surface area contributed by atoms with E-state index in [1.165, 1.54) is 23.1 Å². The molecule has 1 amide bonds. The van der Waals surface area contributed by atoms with E-state index in [4.69, 9.17) is 11.6 Å². The molecule has 4 aromatic rings. The number of thiazole rings is 1. The third-order valence-electron chi connectivity index (χ3n) is 4.59. The molecule has 2 aromatic carbocycles. The lowest BCUT2D eigenvalue weighted by molar-refractivity contribution is -0.115. The molecule has 2 aromatic heterocycles. The minimum Gasteiger partial charge on any atom is -0.301 e. The molecule has 1 N–H and O–H groups in total. The molecule has 0 radical (unpaired) electrons. The van der Waals surface area contributed by atoms with Crippen LogP contribution in [0.3, 0.4) is 0 Å². The van der Waals surface area contributed by atoms with E-state index in [-0.39, 0.29) is 5.91 Å². The highest BCUT2D eigenvalue weighted by atomic mass is 35.5. The fourth-order valence-corrected chi connectivity index (χ4v) is 4.68. The lowest BCUT2D eigenvalue weighted by atomic mass is 10.2. The molecule has 0 aliphatic heterocycles. The van der Waals surface area contributed by atoms with E-state index in [9.17, 15) is 4.79 Å². The largest absolute Gasteiger partial charge is 0.301 e. The summed E-state index contributed by atoms with van der Waals surface area (Å²) in [5, 5.41) is 14.9. The summed E-state index contributed by atoms with van der Waals surface area (Å²) in [4.78, 5) is 17.3. The van der Waals surface area contributed by atoms with Crippen molar-refractivity contribution in [3.05, 3.63) is 77.7 Å². The SMILES string of the molecule is C=CCn1c(SC(C)C(=O)Nc2nc(-c3ccccc3)cs2)nnc1-c1ccc(Cl)cc1. The molecule has 0 saturated heterocycles. The highest BCUT2D eigenvalue weighted by Gasteiger charge is 2.21. The summed E-state index contributed by atoms with van der Waals surface area (Å²) in [5.74, 6) is 0.550. The van der Waals surface area contributed by atoms with Gasteiger partial charge in [0.25, 0.3) is 0 Å². The molecule has 0 spiro atoms. The van der Waals surface area contributed by atoms with Crippen LogP contribution in [0.2, 0.25) is 5.02 Å². The number of hydrogen-bond acceptors (Lipinski definition) is 6. The Bertz CT molecular complexity index is 1220. The minimum atomic E-state index is -0.398. The first-order valence-corrected chi connectivity index (χ1v) is 12.0. The van der Waals surface area contributed by atoms with Crippen LogP contribution in [0, 0.1) is 0 Å². The summed E-state index contributed by atoms with van der Waals surface area (Å²) in [5.41, 5.74) is 2.74. The summed E-state index contributed by atoms with van der Waals surface area (Å²) in [6.07, 6.45) is 1.78. The van der Waals surface area contributed by atoms with Gasteiger partial charge in [-0.1, -0.05) is 59.8 Å². The summed E-state index contributed by atoms with van der Waals surface area (Å²) in [7, 11) is 0. The van der Waals surface area contributed by atoms with Gasteiger partial charge in [0, 0.05) is 28.1 Å². The van der Waals surface area contributed by atoms with Gasteiger partial charge < -0.3 is 5.32 Å². The number of halogens is 1. The standard InChI is InChI=1S/C23H20ClN5OS2/c1-3-13-29-20(17-9-11-18(24)12-10-17)27-28-23(29)32-15(2)21(30)26-22-25-19(14-31-22)16-7-5-4-6-8-16/h3-12,14-15H,1,13H2,2H3,(H,25,26,30). The number of carbonyl (C=O) groups excluding carboxylic acids is 1. The molecule has 0 fully saturated rings. The van der Waals surface area contributed by atoms with Crippen LogP contribution >= 0.6 is 34.7 Å². The summed E-state index contributed by atoms with van der Waals surface area (Å²) in [6.45, 7) is 6.19. The normalized spacial score (nSPS) is 11.8. The average Bonchev–Trinajstić information content (AvgIpc) is 3.43. The van der Waals surface area contributed by atoms with Crippen molar-refractivity contribution in [1.82, 2.24) is 19.7 Å². The number of benzene rings is 2. The second-order valence-electron chi connectivity index (χ2n) is 6.87. The number of anilines is 1. The molecule has 1 atom stereocenters. The van der Waals surface area contributed by atoms with E-state index in [1.54, 1.807) is 6.08 Å². The number of thioether (sulfide) groups is 1. The Morgan fingerprint density at radius 1 is 1.19 bits per heavy atom. The van der Waals surface area contributed by atoms with Crippen molar-refractivity contribution in [2.45, 2.75) is 23.9 Å². The molecule has 4 rings (SSSR count). The van der Waals surface area contributed by atoms with Gasteiger partial charge in [0.05, 0.1) is 10.9 Å². The van der Waals surface area contributed by atoms with Crippen molar-refractivity contribution in [2.75, 3.05) is 5.32 Å². The van der Waals surface area contributed by atoms with Crippen LogP contribution in [0.4, 0.5) is 5.13 Å². The Morgan fingerprint density at radius 3 is 2.66 bits per heavy atom. The predicted octanol–water partition coefficient (Wildman–Crippen LogP) is 6.03. The molecule has 0 saturated carbocycles. The molecule has 0 aliphatic carbocycles. The maximum absolute atomic E-state index is 12.8. The van der Waals surface area contributed by atoms with Crippen LogP contribution in [0.25, 0.3) is 22.6 Å². The smallest absolute Gasteiger partial charge is 0.239 e. The molecular formula is C23H20ClN5OS2. The van der Waals surface area contributed by atoms with Crippen LogP contribution in [0.1, 0.15) is 6.92 Å². The Labute approximate surface area is 199 Å². The molecule has 32 heavy (non-hydrogen) atoms. The van der Waals surface area contributed by atoms with Crippen molar-refractivity contribution in [2.24, 2.45) is 0 Å². The van der Waals surface area contributed by atoms with Crippen LogP contribution in [-0.4, -0.2) is 30.9 Å². The van der Waals surface area contributed by atoms with E-state index in [0.717, 1.165) is 16.8 Å². The maximum atomic E-state index is 12.8. The van der Waals surface area contributed by atoms with Gasteiger partial charge in [-0.05, 0) is 31.2 Å². The van der Waals surface area contributed by atoms with Crippen molar-refractivity contribution in [3.63, 3.8) is 0 Å². The van der Waals surface area contributed by atoms with E-state index in [0.29, 0.717) is 27.7 Å². The molecule has 1 unspecified atom stereocenters. The number of amides is 1. The van der Waals surface area contributed by atoms with E-state index in [2.05, 4.69) is 27.1 Å². The average molecular weight is 482 g/mol. The van der Waals surface area contributed by atoms with Crippen molar-refractivity contribution in [3.8, 4) is 22.6 Å².